The molecule has 0 amide bonds. The maximum absolute atomic E-state index is 2.38. The average molecular weight is 285 g/mol. The Morgan fingerprint density at radius 3 is 2.45 bits per heavy atom. The second kappa shape index (κ2) is 6.13. The molecule has 0 N–H and O–H groups in total. The summed E-state index contributed by atoms with van der Waals surface area (Å²) in [5, 5.41) is 3.42. The Kier molecular flexibility index (Phi) is 4.69. The molecule has 108 valence electrons. The molecule has 0 saturated carbocycles. The monoisotopic (exact) mass is 284 g/mol. The second-order valence-electron chi connectivity index (χ2n) is 6.81. The Hall–Kier alpha value is -1.08. The third-order valence-corrected chi connectivity index (χ3v) is 6.49. The van der Waals surface area contributed by atoms with E-state index in [1.54, 1.807) is 27.1 Å². The van der Waals surface area contributed by atoms with Gasteiger partial charge in [0.25, 0.3) is 0 Å². The van der Waals surface area contributed by atoms with E-state index < -0.39 is 0 Å². The first-order valence-corrected chi connectivity index (χ1v) is 9.37. The molecule has 0 heterocycles. The van der Waals surface area contributed by atoms with Crippen LogP contribution in [0.1, 0.15) is 52.2 Å². The zero-order valence-electron chi connectivity index (χ0n) is 13.7. The Balaban J connectivity index is 2.36. The normalized spacial score (nSPS) is 15.8. The van der Waals surface area contributed by atoms with E-state index in [0.717, 1.165) is 6.42 Å². The number of hydrogen-bond donors (Lipinski definition) is 0. The van der Waals surface area contributed by atoms with Gasteiger partial charge in [0.2, 0.25) is 0 Å². The predicted molar refractivity (Wildman–Crippen MR) is 93.6 cm³/mol. The van der Waals surface area contributed by atoms with Gasteiger partial charge in [-0.1, -0.05) is 75.4 Å². The van der Waals surface area contributed by atoms with E-state index in [-0.39, 0.29) is 9.52 Å². The molecule has 0 saturated heterocycles. The molecular formula is C19H28Si. The molecule has 0 nitrogen and oxygen atoms in total. The fourth-order valence-corrected chi connectivity index (χ4v) is 5.92. The van der Waals surface area contributed by atoms with Crippen molar-refractivity contribution in [2.45, 2.75) is 53.9 Å². The predicted octanol–water partition coefficient (Wildman–Crippen LogP) is 3.87. The van der Waals surface area contributed by atoms with Gasteiger partial charge in [0.05, 0.1) is 9.52 Å². The first kappa shape index (κ1) is 15.3. The standard InChI is InChI=1S/C19H28Si/c1-6-14-10-8-12-17(15(14)7-2)20-18-13-9-11-16(18)19(3,4)5/h8-12H,6-7,13,20H2,1-5H3. The molecule has 1 aliphatic carbocycles. The summed E-state index contributed by atoms with van der Waals surface area (Å²) in [6, 6.07) is 6.96. The van der Waals surface area contributed by atoms with Crippen LogP contribution in [0.2, 0.25) is 0 Å². The van der Waals surface area contributed by atoms with E-state index in [0.29, 0.717) is 5.41 Å². The fraction of sp³-hybridized carbons (Fsp3) is 0.474. The lowest BCUT2D eigenvalue weighted by Gasteiger charge is -2.22. The van der Waals surface area contributed by atoms with Crippen molar-refractivity contribution in [3.05, 3.63) is 52.2 Å². The van der Waals surface area contributed by atoms with Crippen LogP contribution in [0.15, 0.2) is 41.1 Å². The third-order valence-electron chi connectivity index (χ3n) is 4.35. The molecule has 0 bridgehead atoms. The summed E-state index contributed by atoms with van der Waals surface area (Å²) in [5.41, 5.74) is 5.09. The van der Waals surface area contributed by atoms with Crippen molar-refractivity contribution in [2.75, 3.05) is 0 Å². The summed E-state index contributed by atoms with van der Waals surface area (Å²) in [6.07, 6.45) is 8.26. The highest BCUT2D eigenvalue weighted by Gasteiger charge is 2.22. The zero-order valence-corrected chi connectivity index (χ0v) is 15.1. The van der Waals surface area contributed by atoms with Crippen molar-refractivity contribution >= 4 is 14.7 Å². The van der Waals surface area contributed by atoms with Crippen LogP contribution in [0.5, 0.6) is 0 Å². The summed E-state index contributed by atoms with van der Waals surface area (Å²) in [4.78, 5) is 0. The molecule has 1 aromatic carbocycles. The lowest BCUT2D eigenvalue weighted by Crippen LogP contribution is -2.24. The molecule has 2 rings (SSSR count). The van der Waals surface area contributed by atoms with Gasteiger partial charge in [0.15, 0.2) is 0 Å². The minimum absolute atomic E-state index is 0.296. The Morgan fingerprint density at radius 2 is 1.85 bits per heavy atom. The summed E-state index contributed by atoms with van der Waals surface area (Å²) in [5.74, 6) is 0. The van der Waals surface area contributed by atoms with E-state index in [1.807, 2.05) is 0 Å². The van der Waals surface area contributed by atoms with Gasteiger partial charge >= 0.3 is 0 Å². The minimum atomic E-state index is -0.316. The van der Waals surface area contributed by atoms with Gasteiger partial charge in [-0.2, -0.15) is 0 Å². The average Bonchev–Trinajstić information content (AvgIpc) is 2.86. The van der Waals surface area contributed by atoms with Crippen molar-refractivity contribution in [1.82, 2.24) is 0 Å². The van der Waals surface area contributed by atoms with Crippen LogP contribution in [0, 0.1) is 5.41 Å². The molecule has 20 heavy (non-hydrogen) atoms. The van der Waals surface area contributed by atoms with E-state index >= 15 is 0 Å². The van der Waals surface area contributed by atoms with Gasteiger partial charge in [-0.05, 0) is 41.4 Å². The van der Waals surface area contributed by atoms with Crippen molar-refractivity contribution in [3.63, 3.8) is 0 Å². The van der Waals surface area contributed by atoms with Crippen LogP contribution >= 0.6 is 0 Å². The van der Waals surface area contributed by atoms with E-state index in [1.165, 1.54) is 12.8 Å². The topological polar surface area (TPSA) is 0 Å². The number of benzene rings is 1. The maximum Gasteiger partial charge on any atom is 0.0835 e. The van der Waals surface area contributed by atoms with Crippen LogP contribution < -0.4 is 5.19 Å². The largest absolute Gasteiger partial charge is 0.0835 e. The summed E-state index contributed by atoms with van der Waals surface area (Å²) in [7, 11) is -0.316. The van der Waals surface area contributed by atoms with Gasteiger partial charge in [-0.3, -0.25) is 0 Å². The summed E-state index contributed by atoms with van der Waals surface area (Å²) < 4.78 is 0. The third kappa shape index (κ3) is 3.14. The Bertz CT molecular complexity index is 541. The van der Waals surface area contributed by atoms with Crippen LogP contribution in [-0.2, 0) is 12.8 Å². The quantitative estimate of drug-likeness (QED) is 0.736. The van der Waals surface area contributed by atoms with Crippen molar-refractivity contribution in [3.8, 4) is 0 Å². The Morgan fingerprint density at radius 1 is 1.10 bits per heavy atom. The first-order chi connectivity index (χ1) is 9.47. The molecule has 1 aromatic rings. The highest BCUT2D eigenvalue weighted by Crippen LogP contribution is 2.33. The van der Waals surface area contributed by atoms with E-state index in [2.05, 4.69) is 65.0 Å². The van der Waals surface area contributed by atoms with Crippen LogP contribution in [0.3, 0.4) is 0 Å². The number of allylic oxidation sites excluding steroid dienone is 4. The molecule has 0 spiro atoms. The molecule has 1 heteroatoms. The Labute approximate surface area is 126 Å². The molecule has 0 unspecified atom stereocenters. The summed E-state index contributed by atoms with van der Waals surface area (Å²) in [6.45, 7) is 11.6. The van der Waals surface area contributed by atoms with E-state index in [4.69, 9.17) is 0 Å². The smallest absolute Gasteiger partial charge is 0.0806 e. The van der Waals surface area contributed by atoms with Crippen molar-refractivity contribution < 1.29 is 0 Å². The van der Waals surface area contributed by atoms with Crippen molar-refractivity contribution in [1.29, 1.82) is 0 Å². The zero-order chi connectivity index (χ0) is 14.8. The maximum atomic E-state index is 2.38. The van der Waals surface area contributed by atoms with Gasteiger partial charge in [-0.25, -0.2) is 0 Å². The van der Waals surface area contributed by atoms with E-state index in [9.17, 15) is 0 Å². The van der Waals surface area contributed by atoms with Gasteiger partial charge < -0.3 is 0 Å². The fourth-order valence-electron chi connectivity index (χ4n) is 3.36. The van der Waals surface area contributed by atoms with Crippen LogP contribution in [0.25, 0.3) is 0 Å². The van der Waals surface area contributed by atoms with Crippen LogP contribution in [-0.4, -0.2) is 9.52 Å². The van der Waals surface area contributed by atoms with Gasteiger partial charge in [0, 0.05) is 0 Å². The molecule has 0 atom stereocenters. The van der Waals surface area contributed by atoms with Gasteiger partial charge in [0.1, 0.15) is 0 Å². The summed E-state index contributed by atoms with van der Waals surface area (Å²) >= 11 is 0. The highest BCUT2D eigenvalue weighted by molar-refractivity contribution is 6.62. The lowest BCUT2D eigenvalue weighted by atomic mass is 9.87. The van der Waals surface area contributed by atoms with Crippen molar-refractivity contribution in [2.24, 2.45) is 5.41 Å². The molecular weight excluding hydrogens is 256 g/mol. The lowest BCUT2D eigenvalue weighted by molar-refractivity contribution is 0.516. The number of aryl methyl sites for hydroxylation is 1. The number of rotatable bonds is 4. The van der Waals surface area contributed by atoms with Crippen LogP contribution in [0.4, 0.5) is 0 Å². The second-order valence-corrected chi connectivity index (χ2v) is 8.78. The molecule has 0 aliphatic heterocycles. The SMILES string of the molecule is CCc1cccc([SiH2]C2=C(C(C)(C)C)C=CC2)c1CC. The molecule has 0 radical (unpaired) electrons. The highest BCUT2D eigenvalue weighted by atomic mass is 28.2. The first-order valence-electron chi connectivity index (χ1n) is 7.96. The molecule has 1 aliphatic rings. The minimum Gasteiger partial charge on any atom is -0.0806 e. The molecule has 0 aromatic heterocycles. The van der Waals surface area contributed by atoms with Gasteiger partial charge in [-0.15, -0.1) is 0 Å². The number of hydrogen-bond acceptors (Lipinski definition) is 0. The molecule has 0 fully saturated rings.